The van der Waals surface area contributed by atoms with Crippen molar-refractivity contribution in [3.05, 3.63) is 12.4 Å². The smallest absolute Gasteiger partial charge is 0.322 e. The summed E-state index contributed by atoms with van der Waals surface area (Å²) in [6, 6.07) is 0.317. The molecule has 0 saturated heterocycles. The lowest BCUT2D eigenvalue weighted by atomic mass is 10.4. The van der Waals surface area contributed by atoms with Gasteiger partial charge in [0.15, 0.2) is 5.82 Å². The molecule has 7 heteroatoms. The van der Waals surface area contributed by atoms with Gasteiger partial charge < -0.3 is 14.6 Å². The molecule has 0 spiro atoms. The molecule has 0 fully saturated rings. The van der Waals surface area contributed by atoms with Crippen LogP contribution in [0.3, 0.4) is 0 Å². The van der Waals surface area contributed by atoms with E-state index in [2.05, 4.69) is 32.2 Å². The van der Waals surface area contributed by atoms with Gasteiger partial charge >= 0.3 is 6.01 Å². The lowest BCUT2D eigenvalue weighted by Gasteiger charge is -2.11. The molecule has 0 aliphatic carbocycles. The summed E-state index contributed by atoms with van der Waals surface area (Å²) in [5.74, 6) is 1.76. The van der Waals surface area contributed by atoms with Gasteiger partial charge in [0.25, 0.3) is 0 Å². The van der Waals surface area contributed by atoms with Crippen LogP contribution in [0.25, 0.3) is 11.6 Å². The van der Waals surface area contributed by atoms with Gasteiger partial charge in [-0.15, -0.1) is 0 Å². The van der Waals surface area contributed by atoms with Crippen LogP contribution in [0, 0.1) is 0 Å². The molecule has 2 aromatic rings. The standard InChI is InChI=1S/C14H22N6O/c1-5-8-20-9-7-16-12(20)11-17-13(15-6-2)19-14(18-11)21-10(3)4/h7,9-10H,5-6,8H2,1-4H3,(H,15,17,18,19). The van der Waals surface area contributed by atoms with Gasteiger partial charge in [-0.25, -0.2) is 4.98 Å². The van der Waals surface area contributed by atoms with Crippen molar-refractivity contribution in [3.8, 4) is 17.7 Å². The lowest BCUT2D eigenvalue weighted by molar-refractivity contribution is 0.222. The van der Waals surface area contributed by atoms with Crippen LogP contribution in [-0.4, -0.2) is 37.2 Å². The van der Waals surface area contributed by atoms with E-state index < -0.39 is 0 Å². The molecule has 0 unspecified atom stereocenters. The Balaban J connectivity index is 2.40. The normalized spacial score (nSPS) is 10.9. The third-order valence-electron chi connectivity index (χ3n) is 2.67. The van der Waals surface area contributed by atoms with Crippen molar-refractivity contribution in [1.29, 1.82) is 0 Å². The highest BCUT2D eigenvalue weighted by atomic mass is 16.5. The zero-order valence-electron chi connectivity index (χ0n) is 13.0. The molecule has 0 aliphatic rings. The summed E-state index contributed by atoms with van der Waals surface area (Å²) in [5.41, 5.74) is 0. The van der Waals surface area contributed by atoms with Gasteiger partial charge in [-0.2, -0.15) is 15.0 Å². The Morgan fingerprint density at radius 3 is 2.71 bits per heavy atom. The topological polar surface area (TPSA) is 77.8 Å². The molecular weight excluding hydrogens is 268 g/mol. The Kier molecular flexibility index (Phi) is 5.08. The molecule has 0 amide bonds. The number of ether oxygens (including phenoxy) is 1. The van der Waals surface area contributed by atoms with Crippen LogP contribution in [0.2, 0.25) is 0 Å². The van der Waals surface area contributed by atoms with E-state index in [4.69, 9.17) is 4.74 Å². The second-order valence-electron chi connectivity index (χ2n) is 4.91. The zero-order valence-corrected chi connectivity index (χ0v) is 13.0. The van der Waals surface area contributed by atoms with E-state index >= 15 is 0 Å². The van der Waals surface area contributed by atoms with Gasteiger partial charge in [0.05, 0.1) is 6.10 Å². The van der Waals surface area contributed by atoms with E-state index in [9.17, 15) is 0 Å². The van der Waals surface area contributed by atoms with Gasteiger partial charge in [-0.1, -0.05) is 6.92 Å². The van der Waals surface area contributed by atoms with Crippen molar-refractivity contribution in [2.75, 3.05) is 11.9 Å². The fourth-order valence-corrected chi connectivity index (χ4v) is 1.89. The monoisotopic (exact) mass is 290 g/mol. The Bertz CT molecular complexity index is 581. The number of nitrogens with zero attached hydrogens (tertiary/aromatic N) is 5. The SMILES string of the molecule is CCCn1ccnc1-c1nc(NCC)nc(OC(C)C)n1. The number of anilines is 1. The first-order valence-electron chi connectivity index (χ1n) is 7.32. The molecule has 114 valence electrons. The molecule has 1 N–H and O–H groups in total. The average molecular weight is 290 g/mol. The number of rotatable bonds is 7. The van der Waals surface area contributed by atoms with Crippen LogP contribution < -0.4 is 10.1 Å². The van der Waals surface area contributed by atoms with E-state index in [0.717, 1.165) is 25.3 Å². The number of nitrogens with one attached hydrogen (secondary N) is 1. The highest BCUT2D eigenvalue weighted by Gasteiger charge is 2.14. The van der Waals surface area contributed by atoms with Crippen LogP contribution >= 0.6 is 0 Å². The van der Waals surface area contributed by atoms with E-state index in [1.807, 2.05) is 31.5 Å². The van der Waals surface area contributed by atoms with Crippen LogP contribution in [0.4, 0.5) is 5.95 Å². The predicted octanol–water partition coefficient (Wildman–Crippen LogP) is 2.36. The molecule has 21 heavy (non-hydrogen) atoms. The zero-order chi connectivity index (χ0) is 15.2. The maximum absolute atomic E-state index is 5.60. The van der Waals surface area contributed by atoms with Gasteiger partial charge in [-0.3, -0.25) is 0 Å². The minimum absolute atomic E-state index is 0.00473. The summed E-state index contributed by atoms with van der Waals surface area (Å²) >= 11 is 0. The molecule has 0 atom stereocenters. The molecule has 2 rings (SSSR count). The molecule has 0 radical (unpaired) electrons. The molecule has 2 heterocycles. The van der Waals surface area contributed by atoms with Crippen molar-refractivity contribution >= 4 is 5.95 Å². The van der Waals surface area contributed by atoms with Crippen LogP contribution in [0.5, 0.6) is 6.01 Å². The Morgan fingerprint density at radius 1 is 1.24 bits per heavy atom. The van der Waals surface area contributed by atoms with Crippen LogP contribution in [0.15, 0.2) is 12.4 Å². The molecule has 0 saturated carbocycles. The number of aromatic nitrogens is 5. The summed E-state index contributed by atoms with van der Waals surface area (Å²) < 4.78 is 7.63. The number of imidazole rings is 1. The Morgan fingerprint density at radius 2 is 2.05 bits per heavy atom. The maximum Gasteiger partial charge on any atom is 0.322 e. The molecule has 0 bridgehead atoms. The van der Waals surface area contributed by atoms with E-state index in [-0.39, 0.29) is 6.10 Å². The quantitative estimate of drug-likeness (QED) is 0.843. The van der Waals surface area contributed by atoms with Crippen molar-refractivity contribution in [2.24, 2.45) is 0 Å². The molecule has 2 aromatic heterocycles. The Labute approximate surface area is 124 Å². The van der Waals surface area contributed by atoms with Crippen molar-refractivity contribution < 1.29 is 4.74 Å². The van der Waals surface area contributed by atoms with Gasteiger partial charge in [0.1, 0.15) is 0 Å². The minimum Gasteiger partial charge on any atom is -0.461 e. The van der Waals surface area contributed by atoms with Crippen molar-refractivity contribution in [3.63, 3.8) is 0 Å². The van der Waals surface area contributed by atoms with Gasteiger partial charge in [0.2, 0.25) is 11.8 Å². The summed E-state index contributed by atoms with van der Waals surface area (Å²) in [7, 11) is 0. The largest absolute Gasteiger partial charge is 0.461 e. The molecule has 7 nitrogen and oxygen atoms in total. The second-order valence-corrected chi connectivity index (χ2v) is 4.91. The summed E-state index contributed by atoms with van der Waals surface area (Å²) in [4.78, 5) is 17.4. The third kappa shape index (κ3) is 3.90. The highest BCUT2D eigenvalue weighted by Crippen LogP contribution is 2.18. The van der Waals surface area contributed by atoms with Crippen molar-refractivity contribution in [2.45, 2.75) is 46.8 Å². The van der Waals surface area contributed by atoms with Gasteiger partial charge in [0, 0.05) is 25.5 Å². The fraction of sp³-hybridized carbons (Fsp3) is 0.571. The first-order chi connectivity index (χ1) is 10.1. The summed E-state index contributed by atoms with van der Waals surface area (Å²) in [6.07, 6.45) is 4.71. The molecule has 0 aromatic carbocycles. The summed E-state index contributed by atoms with van der Waals surface area (Å²) in [6.45, 7) is 9.59. The van der Waals surface area contributed by atoms with E-state index in [1.165, 1.54) is 0 Å². The molecule has 0 aliphatic heterocycles. The third-order valence-corrected chi connectivity index (χ3v) is 2.67. The predicted molar refractivity (Wildman–Crippen MR) is 81.3 cm³/mol. The number of aryl methyl sites for hydroxylation is 1. The van der Waals surface area contributed by atoms with Crippen molar-refractivity contribution in [1.82, 2.24) is 24.5 Å². The molecular formula is C14H22N6O. The highest BCUT2D eigenvalue weighted by molar-refractivity contribution is 5.47. The number of hydrogen-bond donors (Lipinski definition) is 1. The fourth-order valence-electron chi connectivity index (χ4n) is 1.89. The van der Waals surface area contributed by atoms with Gasteiger partial charge in [-0.05, 0) is 27.2 Å². The van der Waals surface area contributed by atoms with Crippen LogP contribution in [0.1, 0.15) is 34.1 Å². The number of hydrogen-bond acceptors (Lipinski definition) is 6. The Hall–Kier alpha value is -2.18. The first kappa shape index (κ1) is 15.2. The summed E-state index contributed by atoms with van der Waals surface area (Å²) in [5, 5.41) is 3.10. The average Bonchev–Trinajstić information content (AvgIpc) is 2.87. The second kappa shape index (κ2) is 7.01. The van der Waals surface area contributed by atoms with E-state index in [0.29, 0.717) is 17.8 Å². The first-order valence-corrected chi connectivity index (χ1v) is 7.32. The lowest BCUT2D eigenvalue weighted by Crippen LogP contribution is -2.13. The van der Waals surface area contributed by atoms with Crippen LogP contribution in [-0.2, 0) is 6.54 Å². The maximum atomic E-state index is 5.60. The van der Waals surface area contributed by atoms with E-state index in [1.54, 1.807) is 6.20 Å². The minimum atomic E-state index is 0.00473.